The number of nitrogens with zero attached hydrogens (tertiary/aromatic N) is 1. The van der Waals surface area contributed by atoms with Crippen molar-refractivity contribution in [1.82, 2.24) is 4.98 Å². The Morgan fingerprint density at radius 2 is 1.71 bits per heavy atom. The first-order chi connectivity index (χ1) is 17.0. The summed E-state index contributed by atoms with van der Waals surface area (Å²) in [7, 11) is 1.56. The van der Waals surface area contributed by atoms with Gasteiger partial charge in [-0.3, -0.25) is 9.59 Å². The van der Waals surface area contributed by atoms with Gasteiger partial charge in [0.25, 0.3) is 0 Å². The fourth-order valence-electron chi connectivity index (χ4n) is 5.07. The molecule has 0 saturated carbocycles. The van der Waals surface area contributed by atoms with E-state index in [-0.39, 0.29) is 5.78 Å². The standard InChI is InChI=1S/C29H29N3O3/c1-35-25-10-6-5-9-22(25)27(33)26-23-18-21(28(30)34)11-12-24(23)31-29(26)32-15-13-20(14-16-32)17-19-7-3-2-4-8-19/h2-12,18,20,31H,13-17H2,1H3,(H2,30,34). The number of fused-ring (bicyclic) bond motifs is 1. The van der Waals surface area contributed by atoms with Crippen LogP contribution in [0, 0.1) is 5.92 Å². The summed E-state index contributed by atoms with van der Waals surface area (Å²) in [6.45, 7) is 1.69. The van der Waals surface area contributed by atoms with E-state index in [4.69, 9.17) is 10.5 Å². The number of rotatable bonds is 7. The van der Waals surface area contributed by atoms with Gasteiger partial charge in [0, 0.05) is 29.6 Å². The van der Waals surface area contributed by atoms with Gasteiger partial charge in [-0.25, -0.2) is 0 Å². The molecule has 0 bridgehead atoms. The van der Waals surface area contributed by atoms with Crippen molar-refractivity contribution in [3.8, 4) is 5.75 Å². The van der Waals surface area contributed by atoms with E-state index < -0.39 is 5.91 Å². The van der Waals surface area contributed by atoms with Crippen molar-refractivity contribution in [2.45, 2.75) is 19.3 Å². The zero-order valence-corrected chi connectivity index (χ0v) is 19.8. The van der Waals surface area contributed by atoms with Crippen LogP contribution in [0.5, 0.6) is 5.75 Å². The first-order valence-corrected chi connectivity index (χ1v) is 12.0. The Bertz CT molecular complexity index is 1370. The second-order valence-corrected chi connectivity index (χ2v) is 9.12. The van der Waals surface area contributed by atoms with E-state index in [1.165, 1.54) is 5.56 Å². The number of carbonyl (C=O) groups excluding carboxylic acids is 2. The second kappa shape index (κ2) is 9.66. The molecule has 6 nitrogen and oxygen atoms in total. The molecule has 1 saturated heterocycles. The van der Waals surface area contributed by atoms with E-state index in [1.807, 2.05) is 24.3 Å². The molecule has 0 aliphatic carbocycles. The van der Waals surface area contributed by atoms with Crippen LogP contribution in [0.25, 0.3) is 10.9 Å². The number of benzene rings is 3. The lowest BCUT2D eigenvalue weighted by Crippen LogP contribution is -2.35. The number of nitrogens with one attached hydrogen (secondary N) is 1. The van der Waals surface area contributed by atoms with Crippen LogP contribution in [0.2, 0.25) is 0 Å². The maximum Gasteiger partial charge on any atom is 0.248 e. The molecule has 178 valence electrons. The molecule has 1 amide bonds. The third-order valence-corrected chi connectivity index (χ3v) is 6.94. The minimum atomic E-state index is -0.521. The molecule has 0 atom stereocenters. The van der Waals surface area contributed by atoms with Crippen LogP contribution >= 0.6 is 0 Å². The average Bonchev–Trinajstić information content (AvgIpc) is 3.28. The number of amides is 1. The first-order valence-electron chi connectivity index (χ1n) is 12.0. The minimum absolute atomic E-state index is 0.142. The lowest BCUT2D eigenvalue weighted by Gasteiger charge is -2.33. The fourth-order valence-corrected chi connectivity index (χ4v) is 5.07. The molecule has 3 aromatic carbocycles. The van der Waals surface area contributed by atoms with Gasteiger partial charge >= 0.3 is 0 Å². The second-order valence-electron chi connectivity index (χ2n) is 9.12. The number of aromatic nitrogens is 1. The average molecular weight is 468 g/mol. The molecular weight excluding hydrogens is 438 g/mol. The highest BCUT2D eigenvalue weighted by Gasteiger charge is 2.28. The number of hydrogen-bond donors (Lipinski definition) is 2. The molecule has 0 radical (unpaired) electrons. The molecule has 2 heterocycles. The van der Waals surface area contributed by atoms with Gasteiger partial charge < -0.3 is 20.4 Å². The fraction of sp³-hybridized carbons (Fsp3) is 0.241. The molecule has 1 aromatic heterocycles. The van der Waals surface area contributed by atoms with E-state index in [2.05, 4.69) is 34.1 Å². The number of primary amides is 1. The van der Waals surface area contributed by atoms with Gasteiger partial charge in [-0.15, -0.1) is 0 Å². The third-order valence-electron chi connectivity index (χ3n) is 6.94. The highest BCUT2D eigenvalue weighted by Crippen LogP contribution is 2.36. The van der Waals surface area contributed by atoms with Crippen molar-refractivity contribution in [3.05, 3.63) is 95.1 Å². The summed E-state index contributed by atoms with van der Waals surface area (Å²) in [6.07, 6.45) is 3.15. The van der Waals surface area contributed by atoms with Crippen molar-refractivity contribution in [2.24, 2.45) is 11.7 Å². The number of H-pyrrole nitrogens is 1. The molecule has 1 aliphatic heterocycles. The quantitative estimate of drug-likeness (QED) is 0.376. The number of hydrogen-bond acceptors (Lipinski definition) is 4. The maximum absolute atomic E-state index is 13.9. The van der Waals surface area contributed by atoms with Crippen molar-refractivity contribution in [1.29, 1.82) is 0 Å². The van der Waals surface area contributed by atoms with Gasteiger partial charge in [0.05, 0.1) is 18.2 Å². The summed E-state index contributed by atoms with van der Waals surface area (Å²) in [5, 5.41) is 0.693. The Morgan fingerprint density at radius 1 is 1.00 bits per heavy atom. The summed E-state index contributed by atoms with van der Waals surface area (Å²) in [5.74, 6) is 1.25. The lowest BCUT2D eigenvalue weighted by molar-refractivity contribution is 0.0998. The zero-order valence-electron chi connectivity index (χ0n) is 19.8. The molecule has 4 aromatic rings. The molecule has 1 fully saturated rings. The minimum Gasteiger partial charge on any atom is -0.496 e. The van der Waals surface area contributed by atoms with Gasteiger partial charge in [-0.2, -0.15) is 0 Å². The SMILES string of the molecule is COc1ccccc1C(=O)c1c(N2CCC(Cc3ccccc3)CC2)[nH]c2ccc(C(N)=O)cc12. The van der Waals surface area contributed by atoms with E-state index in [1.54, 1.807) is 31.4 Å². The molecule has 5 rings (SSSR count). The Hall–Kier alpha value is -4.06. The third kappa shape index (κ3) is 4.52. The number of aromatic amines is 1. The van der Waals surface area contributed by atoms with Crippen LogP contribution in [0.4, 0.5) is 5.82 Å². The Labute approximate surface area is 204 Å². The molecule has 6 heteroatoms. The number of para-hydroxylation sites is 1. The Balaban J connectivity index is 1.50. The van der Waals surface area contributed by atoms with Gasteiger partial charge in [-0.1, -0.05) is 42.5 Å². The van der Waals surface area contributed by atoms with Crippen LogP contribution < -0.4 is 15.4 Å². The van der Waals surface area contributed by atoms with E-state index in [0.717, 1.165) is 43.7 Å². The number of anilines is 1. The largest absolute Gasteiger partial charge is 0.496 e. The summed E-state index contributed by atoms with van der Waals surface area (Å²) in [6, 6.07) is 23.0. The normalized spacial score (nSPS) is 14.3. The molecule has 3 N–H and O–H groups in total. The summed E-state index contributed by atoms with van der Waals surface area (Å²) in [5.41, 5.74) is 9.13. The Kier molecular flexibility index (Phi) is 6.27. The molecule has 0 spiro atoms. The van der Waals surface area contributed by atoms with Crippen molar-refractivity contribution >= 4 is 28.4 Å². The van der Waals surface area contributed by atoms with Crippen LogP contribution in [-0.2, 0) is 6.42 Å². The van der Waals surface area contributed by atoms with Crippen molar-refractivity contribution in [2.75, 3.05) is 25.1 Å². The van der Waals surface area contributed by atoms with Crippen LogP contribution in [0.1, 0.15) is 44.7 Å². The number of carbonyl (C=O) groups is 2. The van der Waals surface area contributed by atoms with E-state index >= 15 is 0 Å². The smallest absolute Gasteiger partial charge is 0.248 e. The molecular formula is C29H29N3O3. The number of piperidine rings is 1. The number of ether oxygens (including phenoxy) is 1. The van der Waals surface area contributed by atoms with Crippen LogP contribution in [0.15, 0.2) is 72.8 Å². The maximum atomic E-state index is 13.9. The monoisotopic (exact) mass is 467 g/mol. The van der Waals surface area contributed by atoms with E-state index in [9.17, 15) is 9.59 Å². The Morgan fingerprint density at radius 3 is 2.43 bits per heavy atom. The van der Waals surface area contributed by atoms with Crippen LogP contribution in [-0.4, -0.2) is 36.9 Å². The number of ketones is 1. The van der Waals surface area contributed by atoms with Crippen LogP contribution in [0.3, 0.4) is 0 Å². The van der Waals surface area contributed by atoms with E-state index in [0.29, 0.717) is 33.7 Å². The van der Waals surface area contributed by atoms with Gasteiger partial charge in [0.2, 0.25) is 11.7 Å². The predicted octanol–water partition coefficient (Wildman–Crippen LogP) is 4.97. The summed E-state index contributed by atoms with van der Waals surface area (Å²) in [4.78, 5) is 31.5. The predicted molar refractivity (Wildman–Crippen MR) is 138 cm³/mol. The van der Waals surface area contributed by atoms with Crippen molar-refractivity contribution < 1.29 is 14.3 Å². The van der Waals surface area contributed by atoms with Crippen molar-refractivity contribution in [3.63, 3.8) is 0 Å². The zero-order chi connectivity index (χ0) is 24.4. The molecule has 0 unspecified atom stereocenters. The number of methoxy groups -OCH3 is 1. The lowest BCUT2D eigenvalue weighted by atomic mass is 9.90. The first kappa shape index (κ1) is 22.7. The molecule has 1 aliphatic rings. The topological polar surface area (TPSA) is 88.4 Å². The highest BCUT2D eigenvalue weighted by atomic mass is 16.5. The number of nitrogens with two attached hydrogens (primary N) is 1. The van der Waals surface area contributed by atoms with Gasteiger partial charge in [0.1, 0.15) is 11.6 Å². The summed E-state index contributed by atoms with van der Waals surface area (Å²) < 4.78 is 5.48. The summed E-state index contributed by atoms with van der Waals surface area (Å²) >= 11 is 0. The highest BCUT2D eigenvalue weighted by molar-refractivity contribution is 6.21. The van der Waals surface area contributed by atoms with Gasteiger partial charge in [0.15, 0.2) is 0 Å². The van der Waals surface area contributed by atoms with Gasteiger partial charge in [-0.05, 0) is 61.1 Å². The molecule has 35 heavy (non-hydrogen) atoms.